The maximum atomic E-state index is 12.4. The number of rotatable bonds is 2. The third-order valence-electron chi connectivity index (χ3n) is 4.48. The second-order valence-corrected chi connectivity index (χ2v) is 6.17. The fraction of sp³-hybridized carbons (Fsp3) is 0.467. The molecule has 0 bridgehead atoms. The molecule has 1 saturated carbocycles. The molecule has 1 aliphatic heterocycles. The van der Waals surface area contributed by atoms with Gasteiger partial charge < -0.3 is 15.3 Å². The zero-order valence-electron chi connectivity index (χ0n) is 11.5. The fourth-order valence-electron chi connectivity index (χ4n) is 3.59. The highest BCUT2D eigenvalue weighted by atomic mass is 35.5. The van der Waals surface area contributed by atoms with Crippen LogP contribution in [0, 0.1) is 11.8 Å². The van der Waals surface area contributed by atoms with E-state index in [1.54, 1.807) is 24.3 Å². The van der Waals surface area contributed by atoms with Crippen LogP contribution in [0.4, 0.5) is 10.5 Å². The van der Waals surface area contributed by atoms with Crippen LogP contribution in [0.15, 0.2) is 24.3 Å². The van der Waals surface area contributed by atoms with Gasteiger partial charge in [-0.05, 0) is 42.9 Å². The van der Waals surface area contributed by atoms with E-state index in [0.717, 1.165) is 19.3 Å². The van der Waals surface area contributed by atoms with Gasteiger partial charge in [-0.2, -0.15) is 0 Å². The number of carbonyl (C=O) groups is 2. The number of urea groups is 1. The van der Waals surface area contributed by atoms with Gasteiger partial charge in [0, 0.05) is 17.3 Å². The highest BCUT2D eigenvalue weighted by Crippen LogP contribution is 2.42. The number of aliphatic carboxylic acids is 1. The Hall–Kier alpha value is -1.75. The van der Waals surface area contributed by atoms with E-state index in [0.29, 0.717) is 23.2 Å². The van der Waals surface area contributed by atoms with Crippen LogP contribution in [0.2, 0.25) is 5.02 Å². The molecule has 0 aromatic heterocycles. The first kappa shape index (κ1) is 14.2. The van der Waals surface area contributed by atoms with Crippen molar-refractivity contribution in [3.63, 3.8) is 0 Å². The normalized spacial score (nSPS) is 27.5. The quantitative estimate of drug-likeness (QED) is 0.882. The third kappa shape index (κ3) is 2.70. The summed E-state index contributed by atoms with van der Waals surface area (Å²) in [6.45, 7) is 0.522. The molecule has 3 rings (SSSR count). The van der Waals surface area contributed by atoms with Crippen LogP contribution < -0.4 is 5.32 Å². The molecule has 1 saturated heterocycles. The highest BCUT2D eigenvalue weighted by molar-refractivity contribution is 6.30. The van der Waals surface area contributed by atoms with Crippen molar-refractivity contribution in [3.05, 3.63) is 29.3 Å². The van der Waals surface area contributed by atoms with Gasteiger partial charge >= 0.3 is 12.0 Å². The average Bonchev–Trinajstić information content (AvgIpc) is 2.97. The number of fused-ring (bicyclic) bond motifs is 1. The minimum atomic E-state index is -0.911. The monoisotopic (exact) mass is 308 g/mol. The smallest absolute Gasteiger partial charge is 0.326 e. The third-order valence-corrected chi connectivity index (χ3v) is 4.72. The predicted molar refractivity (Wildman–Crippen MR) is 79.4 cm³/mol. The minimum absolute atomic E-state index is 0.0904. The lowest BCUT2D eigenvalue weighted by molar-refractivity contribution is -0.142. The molecule has 3 atom stereocenters. The molecule has 112 valence electrons. The van der Waals surface area contributed by atoms with E-state index in [9.17, 15) is 14.7 Å². The van der Waals surface area contributed by atoms with Crippen molar-refractivity contribution in [1.29, 1.82) is 0 Å². The summed E-state index contributed by atoms with van der Waals surface area (Å²) >= 11 is 5.89. The minimum Gasteiger partial charge on any atom is -0.480 e. The predicted octanol–water partition coefficient (Wildman–Crippen LogP) is 3.06. The number of amides is 2. The zero-order chi connectivity index (χ0) is 15.0. The molecule has 6 heteroatoms. The molecule has 1 aliphatic carbocycles. The molecule has 3 unspecified atom stereocenters. The van der Waals surface area contributed by atoms with Crippen molar-refractivity contribution in [3.8, 4) is 0 Å². The molecule has 2 N–H and O–H groups in total. The first-order valence-corrected chi connectivity index (χ1v) is 7.50. The molecule has 2 amide bonds. The van der Waals surface area contributed by atoms with Crippen molar-refractivity contribution in [1.82, 2.24) is 4.90 Å². The lowest BCUT2D eigenvalue weighted by Gasteiger charge is -2.24. The second-order valence-electron chi connectivity index (χ2n) is 5.73. The first-order valence-electron chi connectivity index (χ1n) is 7.12. The number of benzene rings is 1. The Morgan fingerprint density at radius 1 is 1.33 bits per heavy atom. The maximum absolute atomic E-state index is 12.4. The van der Waals surface area contributed by atoms with Crippen LogP contribution in [-0.2, 0) is 4.79 Å². The van der Waals surface area contributed by atoms with Gasteiger partial charge in [-0.3, -0.25) is 0 Å². The molecule has 0 spiro atoms. The van der Waals surface area contributed by atoms with E-state index in [1.165, 1.54) is 4.90 Å². The van der Waals surface area contributed by atoms with Crippen LogP contribution in [0.3, 0.4) is 0 Å². The van der Waals surface area contributed by atoms with Crippen LogP contribution in [-0.4, -0.2) is 34.6 Å². The number of nitrogens with one attached hydrogen (secondary N) is 1. The Labute approximate surface area is 127 Å². The van der Waals surface area contributed by atoms with Crippen molar-refractivity contribution in [2.24, 2.45) is 11.8 Å². The number of halogens is 1. The molecule has 1 aromatic rings. The van der Waals surface area contributed by atoms with Crippen molar-refractivity contribution in [2.45, 2.75) is 25.3 Å². The molecule has 5 nitrogen and oxygen atoms in total. The van der Waals surface area contributed by atoms with E-state index < -0.39 is 12.0 Å². The maximum Gasteiger partial charge on any atom is 0.326 e. The second kappa shape index (κ2) is 5.56. The van der Waals surface area contributed by atoms with E-state index in [4.69, 9.17) is 11.6 Å². The van der Waals surface area contributed by atoms with Crippen molar-refractivity contribution >= 4 is 29.3 Å². The topological polar surface area (TPSA) is 69.6 Å². The molecular formula is C15H17ClN2O3. The molecule has 0 radical (unpaired) electrons. The van der Waals surface area contributed by atoms with Gasteiger partial charge in [-0.1, -0.05) is 24.1 Å². The Kier molecular flexibility index (Phi) is 3.76. The van der Waals surface area contributed by atoms with E-state index in [2.05, 4.69) is 5.32 Å². The first-order chi connectivity index (χ1) is 10.1. The summed E-state index contributed by atoms with van der Waals surface area (Å²) in [4.78, 5) is 25.4. The average molecular weight is 309 g/mol. The largest absolute Gasteiger partial charge is 0.480 e. The molecular weight excluding hydrogens is 292 g/mol. The summed E-state index contributed by atoms with van der Waals surface area (Å²) in [7, 11) is 0. The molecule has 2 aliphatic rings. The summed E-state index contributed by atoms with van der Waals surface area (Å²) in [5.74, 6) is -0.505. The number of carboxylic acid groups (broad SMARTS) is 1. The molecule has 21 heavy (non-hydrogen) atoms. The Morgan fingerprint density at radius 2 is 2.14 bits per heavy atom. The standard InChI is InChI=1S/C15H17ClN2O3/c16-10-4-2-5-11(7-10)17-15(21)18-8-9-3-1-6-12(9)13(18)14(19)20/h2,4-5,7,9,12-13H,1,3,6,8H2,(H,17,21)(H,19,20). The number of anilines is 1. The molecule has 2 fully saturated rings. The number of hydrogen-bond donors (Lipinski definition) is 2. The summed E-state index contributed by atoms with van der Waals surface area (Å²) in [5.41, 5.74) is 0.577. The van der Waals surface area contributed by atoms with Crippen LogP contribution in [0.1, 0.15) is 19.3 Å². The van der Waals surface area contributed by atoms with E-state index in [1.807, 2.05) is 0 Å². The zero-order valence-corrected chi connectivity index (χ0v) is 12.2. The van der Waals surface area contributed by atoms with Gasteiger partial charge in [0.05, 0.1) is 0 Å². The van der Waals surface area contributed by atoms with Gasteiger partial charge in [-0.15, -0.1) is 0 Å². The van der Waals surface area contributed by atoms with E-state index in [-0.39, 0.29) is 11.9 Å². The fourth-order valence-corrected chi connectivity index (χ4v) is 3.78. The SMILES string of the molecule is O=C(O)C1C2CCCC2CN1C(=O)Nc1cccc(Cl)c1. The Bertz CT molecular complexity index is 578. The number of nitrogens with zero attached hydrogens (tertiary/aromatic N) is 1. The van der Waals surface area contributed by atoms with Gasteiger partial charge in [0.15, 0.2) is 0 Å². The lowest BCUT2D eigenvalue weighted by Crippen LogP contribution is -2.45. The van der Waals surface area contributed by atoms with Gasteiger partial charge in [0.1, 0.15) is 6.04 Å². The van der Waals surface area contributed by atoms with Gasteiger partial charge in [0.2, 0.25) is 0 Å². The van der Waals surface area contributed by atoms with Crippen LogP contribution in [0.5, 0.6) is 0 Å². The highest BCUT2D eigenvalue weighted by Gasteiger charge is 2.49. The van der Waals surface area contributed by atoms with E-state index >= 15 is 0 Å². The number of carboxylic acids is 1. The number of carbonyl (C=O) groups excluding carboxylic acids is 1. The van der Waals surface area contributed by atoms with Gasteiger partial charge in [-0.25, -0.2) is 9.59 Å². The number of hydrogen-bond acceptors (Lipinski definition) is 2. The van der Waals surface area contributed by atoms with Crippen molar-refractivity contribution < 1.29 is 14.7 Å². The van der Waals surface area contributed by atoms with Gasteiger partial charge in [0.25, 0.3) is 0 Å². The number of likely N-dealkylation sites (tertiary alicyclic amines) is 1. The van der Waals surface area contributed by atoms with Crippen molar-refractivity contribution in [2.75, 3.05) is 11.9 Å². The summed E-state index contributed by atoms with van der Waals surface area (Å²) in [5, 5.41) is 12.7. The Morgan fingerprint density at radius 3 is 2.86 bits per heavy atom. The van der Waals surface area contributed by atoms with Crippen LogP contribution in [0.25, 0.3) is 0 Å². The molecule has 1 aromatic carbocycles. The summed E-state index contributed by atoms with van der Waals surface area (Å²) in [6.07, 6.45) is 2.96. The molecule has 1 heterocycles. The lowest BCUT2D eigenvalue weighted by atomic mass is 9.94. The summed E-state index contributed by atoms with van der Waals surface area (Å²) in [6, 6.07) is 5.77. The van der Waals surface area contributed by atoms with Crippen LogP contribution >= 0.6 is 11.6 Å². The summed E-state index contributed by atoms with van der Waals surface area (Å²) < 4.78 is 0. The Balaban J connectivity index is 1.76.